The van der Waals surface area contributed by atoms with E-state index >= 15 is 0 Å². The van der Waals surface area contributed by atoms with Gasteiger partial charge in [-0.15, -0.1) is 0 Å². The Morgan fingerprint density at radius 1 is 1.35 bits per heavy atom. The van der Waals surface area contributed by atoms with Crippen molar-refractivity contribution in [3.63, 3.8) is 0 Å². The third kappa shape index (κ3) is 2.29. The molecule has 1 aliphatic heterocycles. The van der Waals surface area contributed by atoms with Gasteiger partial charge < -0.3 is 15.7 Å². The van der Waals surface area contributed by atoms with Crippen LogP contribution in [0.25, 0.3) is 0 Å². The fraction of sp³-hybridized carbons (Fsp3) is 0.562. The van der Waals surface area contributed by atoms with E-state index in [1.165, 1.54) is 0 Å². The van der Waals surface area contributed by atoms with Gasteiger partial charge in [-0.1, -0.05) is 12.1 Å². The summed E-state index contributed by atoms with van der Waals surface area (Å²) in [6.45, 7) is 1.71. The normalized spacial score (nSPS) is 24.4. The Balaban J connectivity index is 1.77. The van der Waals surface area contributed by atoms with Gasteiger partial charge in [-0.25, -0.2) is 0 Å². The monoisotopic (exact) mass is 274 g/mol. The number of rotatable bonds is 3. The molecule has 4 heteroatoms. The summed E-state index contributed by atoms with van der Waals surface area (Å²) < 4.78 is 0. The maximum absolute atomic E-state index is 12.8. The van der Waals surface area contributed by atoms with Gasteiger partial charge in [0.05, 0.1) is 5.41 Å². The zero-order chi connectivity index (χ0) is 14.2. The largest absolute Gasteiger partial charge is 0.399 e. The molecule has 1 amide bonds. The van der Waals surface area contributed by atoms with Crippen molar-refractivity contribution in [3.8, 4) is 0 Å². The number of hydrogen-bond donors (Lipinski definition) is 2. The summed E-state index contributed by atoms with van der Waals surface area (Å²) in [6.07, 6.45) is 3.87. The molecule has 2 fully saturated rings. The van der Waals surface area contributed by atoms with Crippen molar-refractivity contribution in [3.05, 3.63) is 29.8 Å². The number of hydrogen-bond acceptors (Lipinski definition) is 3. The molecule has 3 N–H and O–H groups in total. The van der Waals surface area contributed by atoms with Crippen molar-refractivity contribution < 1.29 is 9.90 Å². The predicted octanol–water partition coefficient (Wildman–Crippen LogP) is 1.53. The lowest BCUT2D eigenvalue weighted by Crippen LogP contribution is -2.45. The summed E-state index contributed by atoms with van der Waals surface area (Å²) in [5, 5.41) is 9.30. The van der Waals surface area contributed by atoms with E-state index in [0.717, 1.165) is 43.5 Å². The van der Waals surface area contributed by atoms with E-state index in [-0.39, 0.29) is 23.8 Å². The van der Waals surface area contributed by atoms with Crippen LogP contribution in [-0.2, 0) is 10.2 Å². The SMILES string of the molecule is Nc1ccc(C2(C(=O)N3CCCC(CO)C3)CC2)cc1. The highest BCUT2D eigenvalue weighted by Gasteiger charge is 2.53. The number of nitrogens with two attached hydrogens (primary N) is 1. The first-order valence-electron chi connectivity index (χ1n) is 7.42. The maximum Gasteiger partial charge on any atom is 0.233 e. The van der Waals surface area contributed by atoms with Crippen LogP contribution in [0.3, 0.4) is 0 Å². The number of aliphatic hydroxyl groups is 1. The fourth-order valence-corrected chi connectivity index (χ4v) is 3.25. The number of carbonyl (C=O) groups is 1. The van der Waals surface area contributed by atoms with Crippen LogP contribution in [0.5, 0.6) is 0 Å². The van der Waals surface area contributed by atoms with Gasteiger partial charge in [0.2, 0.25) is 5.91 Å². The molecule has 1 heterocycles. The first-order chi connectivity index (χ1) is 9.65. The van der Waals surface area contributed by atoms with Crippen LogP contribution in [0.15, 0.2) is 24.3 Å². The second kappa shape index (κ2) is 5.09. The molecule has 3 rings (SSSR count). The Bertz CT molecular complexity index is 494. The first-order valence-corrected chi connectivity index (χ1v) is 7.42. The van der Waals surface area contributed by atoms with Crippen molar-refractivity contribution in [1.29, 1.82) is 0 Å². The number of nitrogen functional groups attached to an aromatic ring is 1. The topological polar surface area (TPSA) is 66.6 Å². The molecule has 1 aromatic carbocycles. The minimum atomic E-state index is -0.314. The highest BCUT2D eigenvalue weighted by molar-refractivity contribution is 5.91. The van der Waals surface area contributed by atoms with Crippen LogP contribution in [0, 0.1) is 5.92 Å². The van der Waals surface area contributed by atoms with Gasteiger partial charge in [0, 0.05) is 25.4 Å². The molecule has 1 saturated carbocycles. The minimum absolute atomic E-state index is 0.179. The number of piperidine rings is 1. The smallest absolute Gasteiger partial charge is 0.233 e. The third-order valence-corrected chi connectivity index (χ3v) is 4.69. The zero-order valence-electron chi connectivity index (χ0n) is 11.7. The molecule has 0 bridgehead atoms. The molecular formula is C16H22N2O2. The van der Waals surface area contributed by atoms with Crippen LogP contribution >= 0.6 is 0 Å². The Morgan fingerprint density at radius 3 is 2.65 bits per heavy atom. The lowest BCUT2D eigenvalue weighted by Gasteiger charge is -2.34. The van der Waals surface area contributed by atoms with Gasteiger partial charge in [-0.3, -0.25) is 4.79 Å². The molecule has 0 aromatic heterocycles. The third-order valence-electron chi connectivity index (χ3n) is 4.69. The Labute approximate surface area is 119 Å². The number of likely N-dealkylation sites (tertiary alicyclic amines) is 1. The summed E-state index contributed by atoms with van der Waals surface area (Å²) in [7, 11) is 0. The number of aliphatic hydroxyl groups excluding tert-OH is 1. The molecule has 0 spiro atoms. The predicted molar refractivity (Wildman–Crippen MR) is 78.2 cm³/mol. The summed E-state index contributed by atoms with van der Waals surface area (Å²) >= 11 is 0. The standard InChI is InChI=1S/C16H22N2O2/c17-14-5-3-13(4-6-14)16(7-8-16)15(20)18-9-1-2-12(10-18)11-19/h3-6,12,19H,1-2,7-11,17H2. The molecule has 108 valence electrons. The molecule has 1 unspecified atom stereocenters. The quantitative estimate of drug-likeness (QED) is 0.821. The van der Waals surface area contributed by atoms with E-state index in [0.29, 0.717) is 6.54 Å². The molecule has 0 radical (unpaired) electrons. The minimum Gasteiger partial charge on any atom is -0.399 e. The number of amides is 1. The first kappa shape index (κ1) is 13.4. The van der Waals surface area contributed by atoms with E-state index in [9.17, 15) is 9.90 Å². The molecule has 4 nitrogen and oxygen atoms in total. The number of anilines is 1. The van der Waals surface area contributed by atoms with E-state index in [1.54, 1.807) is 0 Å². The molecule has 20 heavy (non-hydrogen) atoms. The molecule has 1 atom stereocenters. The lowest BCUT2D eigenvalue weighted by atomic mass is 9.91. The van der Waals surface area contributed by atoms with Crippen molar-refractivity contribution in [2.24, 2.45) is 5.92 Å². The Kier molecular flexibility index (Phi) is 3.42. The van der Waals surface area contributed by atoms with Crippen LogP contribution < -0.4 is 5.73 Å². The van der Waals surface area contributed by atoms with Crippen LogP contribution in [0.4, 0.5) is 5.69 Å². The van der Waals surface area contributed by atoms with Gasteiger partial charge >= 0.3 is 0 Å². The van der Waals surface area contributed by atoms with E-state index in [2.05, 4.69) is 0 Å². The van der Waals surface area contributed by atoms with Crippen molar-refractivity contribution in [1.82, 2.24) is 4.90 Å². The average Bonchev–Trinajstić information content (AvgIpc) is 3.29. The van der Waals surface area contributed by atoms with Gasteiger partial charge in [0.1, 0.15) is 0 Å². The lowest BCUT2D eigenvalue weighted by molar-refractivity contribution is -0.136. The summed E-state index contributed by atoms with van der Waals surface area (Å²) in [6, 6.07) is 7.70. The second-order valence-corrected chi connectivity index (χ2v) is 6.15. The maximum atomic E-state index is 12.8. The number of nitrogens with zero attached hydrogens (tertiary/aromatic N) is 1. The Hall–Kier alpha value is -1.55. The van der Waals surface area contributed by atoms with Crippen molar-refractivity contribution >= 4 is 11.6 Å². The average molecular weight is 274 g/mol. The van der Waals surface area contributed by atoms with Crippen molar-refractivity contribution in [2.45, 2.75) is 31.1 Å². The zero-order valence-corrected chi connectivity index (χ0v) is 11.7. The van der Waals surface area contributed by atoms with E-state index < -0.39 is 0 Å². The number of benzene rings is 1. The van der Waals surface area contributed by atoms with E-state index in [1.807, 2.05) is 29.2 Å². The highest BCUT2D eigenvalue weighted by Crippen LogP contribution is 2.50. The molecule has 1 aromatic rings. The Morgan fingerprint density at radius 2 is 2.05 bits per heavy atom. The number of carbonyl (C=O) groups excluding carboxylic acids is 1. The molecular weight excluding hydrogens is 252 g/mol. The van der Waals surface area contributed by atoms with Crippen LogP contribution in [-0.4, -0.2) is 35.6 Å². The van der Waals surface area contributed by atoms with Gasteiger partial charge in [-0.2, -0.15) is 0 Å². The van der Waals surface area contributed by atoms with E-state index in [4.69, 9.17) is 5.73 Å². The van der Waals surface area contributed by atoms with Crippen LogP contribution in [0.2, 0.25) is 0 Å². The van der Waals surface area contributed by atoms with Gasteiger partial charge in [-0.05, 0) is 49.3 Å². The molecule has 1 aliphatic carbocycles. The summed E-state index contributed by atoms with van der Waals surface area (Å²) in [5.41, 5.74) is 7.23. The van der Waals surface area contributed by atoms with Crippen molar-refractivity contribution in [2.75, 3.05) is 25.4 Å². The molecule has 1 saturated heterocycles. The highest BCUT2D eigenvalue weighted by atomic mass is 16.3. The van der Waals surface area contributed by atoms with Gasteiger partial charge in [0.15, 0.2) is 0 Å². The summed E-state index contributed by atoms with van der Waals surface area (Å²) in [5.74, 6) is 0.482. The second-order valence-electron chi connectivity index (χ2n) is 6.15. The van der Waals surface area contributed by atoms with Crippen LogP contribution in [0.1, 0.15) is 31.2 Å². The summed E-state index contributed by atoms with van der Waals surface area (Å²) in [4.78, 5) is 14.8. The van der Waals surface area contributed by atoms with Gasteiger partial charge in [0.25, 0.3) is 0 Å². The fourth-order valence-electron chi connectivity index (χ4n) is 3.25. The molecule has 2 aliphatic rings.